The number of amides is 1. The third kappa shape index (κ3) is 3.66. The van der Waals surface area contributed by atoms with Crippen molar-refractivity contribution in [2.24, 2.45) is 0 Å². The zero-order valence-corrected chi connectivity index (χ0v) is 15.4. The molecule has 134 valence electrons. The summed E-state index contributed by atoms with van der Waals surface area (Å²) in [7, 11) is 0. The maximum Gasteiger partial charge on any atom is 0.251 e. The van der Waals surface area contributed by atoms with Crippen molar-refractivity contribution in [2.75, 3.05) is 0 Å². The third-order valence-corrected chi connectivity index (χ3v) is 5.98. The van der Waals surface area contributed by atoms with Crippen LogP contribution in [0.2, 0.25) is 0 Å². The van der Waals surface area contributed by atoms with Gasteiger partial charge in [-0.3, -0.25) is 9.59 Å². The Morgan fingerprint density at radius 1 is 1.15 bits per heavy atom. The monoisotopic (exact) mass is 367 g/mol. The van der Waals surface area contributed by atoms with E-state index < -0.39 is 0 Å². The van der Waals surface area contributed by atoms with Gasteiger partial charge in [-0.05, 0) is 55.7 Å². The molecule has 0 aliphatic carbocycles. The number of pyridine rings is 1. The first-order chi connectivity index (χ1) is 12.6. The quantitative estimate of drug-likeness (QED) is 0.795. The molecule has 3 atom stereocenters. The number of benzene rings is 1. The zero-order valence-electron chi connectivity index (χ0n) is 14.6. The number of Topliss-reactive ketones (excluding diaryl/α,β-unsaturated/α-hetero) is 1. The molecule has 1 amide bonds. The highest BCUT2D eigenvalue weighted by Gasteiger charge is 2.39. The fourth-order valence-electron chi connectivity index (χ4n) is 3.70. The van der Waals surface area contributed by atoms with Crippen LogP contribution < -0.4 is 10.6 Å². The van der Waals surface area contributed by atoms with Crippen LogP contribution in [-0.4, -0.2) is 34.8 Å². The molecule has 5 nitrogen and oxygen atoms in total. The molecule has 2 saturated heterocycles. The summed E-state index contributed by atoms with van der Waals surface area (Å²) >= 11 is 1.48. The summed E-state index contributed by atoms with van der Waals surface area (Å²) in [6.07, 6.45) is 3.40. The van der Waals surface area contributed by atoms with Crippen LogP contribution >= 0.6 is 11.8 Å². The van der Waals surface area contributed by atoms with Gasteiger partial charge in [-0.2, -0.15) is 0 Å². The minimum absolute atomic E-state index is 0.0161. The van der Waals surface area contributed by atoms with E-state index in [0.717, 1.165) is 22.8 Å². The number of aromatic nitrogens is 1. The fourth-order valence-corrected chi connectivity index (χ4v) is 4.50. The number of ketones is 1. The van der Waals surface area contributed by atoms with Crippen LogP contribution in [0.15, 0.2) is 52.4 Å². The Kier molecular flexibility index (Phi) is 4.78. The molecule has 4 rings (SSSR count). The summed E-state index contributed by atoms with van der Waals surface area (Å²) in [5.41, 5.74) is 1.13. The van der Waals surface area contributed by atoms with E-state index in [9.17, 15) is 9.59 Å². The van der Waals surface area contributed by atoms with E-state index in [4.69, 9.17) is 0 Å². The smallest absolute Gasteiger partial charge is 0.251 e. The molecule has 0 radical (unpaired) electrons. The molecule has 2 aliphatic heterocycles. The Labute approximate surface area is 157 Å². The molecule has 3 heterocycles. The average molecular weight is 367 g/mol. The lowest BCUT2D eigenvalue weighted by Crippen LogP contribution is -2.42. The Balaban J connectivity index is 1.39. The summed E-state index contributed by atoms with van der Waals surface area (Å²) in [4.78, 5) is 29.2. The number of fused-ring (bicyclic) bond motifs is 2. The van der Waals surface area contributed by atoms with Crippen LogP contribution in [0.25, 0.3) is 0 Å². The van der Waals surface area contributed by atoms with Gasteiger partial charge in [0.2, 0.25) is 0 Å². The lowest BCUT2D eigenvalue weighted by atomic mass is 9.95. The van der Waals surface area contributed by atoms with E-state index in [2.05, 4.69) is 15.6 Å². The molecular formula is C20H21N3O2S. The second-order valence-electron chi connectivity index (χ2n) is 6.91. The van der Waals surface area contributed by atoms with Crippen molar-refractivity contribution >= 4 is 23.5 Å². The maximum absolute atomic E-state index is 12.5. The summed E-state index contributed by atoms with van der Waals surface area (Å²) in [6, 6.07) is 14.2. The van der Waals surface area contributed by atoms with Crippen molar-refractivity contribution < 1.29 is 9.59 Å². The Morgan fingerprint density at radius 3 is 2.62 bits per heavy atom. The first-order valence-electron chi connectivity index (χ1n) is 8.91. The zero-order chi connectivity index (χ0) is 18.1. The molecule has 2 bridgehead atoms. The molecule has 1 aromatic carbocycles. The Bertz CT molecular complexity index is 837. The first kappa shape index (κ1) is 17.2. The van der Waals surface area contributed by atoms with Crippen LogP contribution in [0.1, 0.15) is 47.0 Å². The second-order valence-corrected chi connectivity index (χ2v) is 8.00. The predicted molar refractivity (Wildman–Crippen MR) is 101 cm³/mol. The maximum atomic E-state index is 12.5. The van der Waals surface area contributed by atoms with Gasteiger partial charge >= 0.3 is 0 Å². The molecule has 2 N–H and O–H groups in total. The van der Waals surface area contributed by atoms with Gasteiger partial charge in [-0.1, -0.05) is 17.8 Å². The van der Waals surface area contributed by atoms with Crippen LogP contribution in [0.4, 0.5) is 0 Å². The molecular weight excluding hydrogens is 346 g/mol. The molecule has 6 heteroatoms. The number of nitrogens with one attached hydrogen (secondary N) is 2. The SMILES string of the molecule is CC(=O)c1cccc(Sc2ccc(C(=O)NC3CC4CCC3N4)cc2)n1. The van der Waals surface area contributed by atoms with E-state index in [0.29, 0.717) is 23.3 Å². The van der Waals surface area contributed by atoms with E-state index in [1.54, 1.807) is 6.07 Å². The number of hydrogen-bond acceptors (Lipinski definition) is 5. The summed E-state index contributed by atoms with van der Waals surface area (Å²) in [5.74, 6) is -0.0628. The van der Waals surface area contributed by atoms with Crippen LogP contribution in [-0.2, 0) is 0 Å². The summed E-state index contributed by atoms with van der Waals surface area (Å²) in [5, 5.41) is 7.46. The van der Waals surface area contributed by atoms with Gasteiger partial charge in [0.15, 0.2) is 5.78 Å². The van der Waals surface area contributed by atoms with Gasteiger partial charge in [-0.15, -0.1) is 0 Å². The first-order valence-corrected chi connectivity index (χ1v) is 9.73. The van der Waals surface area contributed by atoms with Crippen LogP contribution in [0.3, 0.4) is 0 Å². The van der Waals surface area contributed by atoms with Crippen molar-refractivity contribution in [1.29, 1.82) is 0 Å². The number of rotatable bonds is 5. The van der Waals surface area contributed by atoms with Gasteiger partial charge in [0.25, 0.3) is 5.91 Å². The Morgan fingerprint density at radius 2 is 1.96 bits per heavy atom. The van der Waals surface area contributed by atoms with Crippen LogP contribution in [0.5, 0.6) is 0 Å². The standard InChI is InChI=1S/C20H21N3O2S/c1-12(24)16-3-2-4-19(22-16)26-15-8-5-13(6-9-15)20(25)23-18-11-14-7-10-17(18)21-14/h2-6,8-9,14,17-18,21H,7,10-11H2,1H3,(H,23,25). The van der Waals surface area contributed by atoms with E-state index >= 15 is 0 Å². The van der Waals surface area contributed by atoms with Gasteiger partial charge in [0, 0.05) is 35.5 Å². The fraction of sp³-hybridized carbons (Fsp3) is 0.350. The number of carbonyl (C=O) groups excluding carboxylic acids is 2. The minimum Gasteiger partial charge on any atom is -0.348 e. The van der Waals surface area contributed by atoms with Crippen molar-refractivity contribution in [3.8, 4) is 0 Å². The van der Waals surface area contributed by atoms with E-state index in [1.165, 1.54) is 25.1 Å². The minimum atomic E-state index is -0.0467. The van der Waals surface area contributed by atoms with Crippen LogP contribution in [0, 0.1) is 0 Å². The largest absolute Gasteiger partial charge is 0.348 e. The lowest BCUT2D eigenvalue weighted by molar-refractivity contribution is 0.0930. The summed E-state index contributed by atoms with van der Waals surface area (Å²) in [6.45, 7) is 1.51. The Hall–Kier alpha value is -2.18. The predicted octanol–water partition coefficient (Wildman–Crippen LogP) is 3.06. The average Bonchev–Trinajstić information content (AvgIpc) is 3.25. The van der Waals surface area contributed by atoms with Gasteiger partial charge in [0.05, 0.1) is 0 Å². The molecule has 2 aliphatic rings. The molecule has 0 spiro atoms. The van der Waals surface area contributed by atoms with Crippen molar-refractivity contribution in [2.45, 2.75) is 54.2 Å². The van der Waals surface area contributed by atoms with Crippen molar-refractivity contribution in [3.63, 3.8) is 0 Å². The number of nitrogens with zero attached hydrogens (tertiary/aromatic N) is 1. The van der Waals surface area contributed by atoms with Gasteiger partial charge in [0.1, 0.15) is 10.7 Å². The van der Waals surface area contributed by atoms with E-state index in [-0.39, 0.29) is 17.7 Å². The molecule has 1 aromatic heterocycles. The lowest BCUT2D eigenvalue weighted by Gasteiger charge is -2.21. The topological polar surface area (TPSA) is 71.1 Å². The molecule has 2 aromatic rings. The van der Waals surface area contributed by atoms with Crippen molar-refractivity contribution in [1.82, 2.24) is 15.6 Å². The molecule has 26 heavy (non-hydrogen) atoms. The number of carbonyl (C=O) groups is 2. The molecule has 0 saturated carbocycles. The molecule has 3 unspecified atom stereocenters. The highest BCUT2D eigenvalue weighted by atomic mass is 32.2. The summed E-state index contributed by atoms with van der Waals surface area (Å²) < 4.78 is 0. The third-order valence-electron chi connectivity index (χ3n) is 5.04. The second kappa shape index (κ2) is 7.21. The highest BCUT2D eigenvalue weighted by Crippen LogP contribution is 2.29. The van der Waals surface area contributed by atoms with Gasteiger partial charge < -0.3 is 10.6 Å². The van der Waals surface area contributed by atoms with E-state index in [1.807, 2.05) is 36.4 Å². The van der Waals surface area contributed by atoms with Gasteiger partial charge in [-0.25, -0.2) is 4.98 Å². The molecule has 2 fully saturated rings. The number of hydrogen-bond donors (Lipinski definition) is 2. The van der Waals surface area contributed by atoms with Crippen molar-refractivity contribution in [3.05, 3.63) is 53.7 Å². The normalized spacial score (nSPS) is 23.8. The highest BCUT2D eigenvalue weighted by molar-refractivity contribution is 7.99.